The van der Waals surface area contributed by atoms with Crippen LogP contribution in [-0.4, -0.2) is 37.0 Å². The molecule has 0 radical (unpaired) electrons. The largest absolute Gasteiger partial charge is 0.396 e. The Balaban J connectivity index is 2.33. The second-order valence-electron chi connectivity index (χ2n) is 5.58. The number of aryl methyl sites for hydroxylation is 1. The van der Waals surface area contributed by atoms with Gasteiger partial charge < -0.3 is 10.8 Å². The Morgan fingerprint density at radius 3 is 2.57 bits per heavy atom. The van der Waals surface area contributed by atoms with Crippen molar-refractivity contribution in [2.45, 2.75) is 50.1 Å². The van der Waals surface area contributed by atoms with Crippen LogP contribution >= 0.6 is 0 Å². The Labute approximate surface area is 126 Å². The molecule has 0 bridgehead atoms. The second kappa shape index (κ2) is 6.87. The van der Waals surface area contributed by atoms with Crippen LogP contribution in [0.4, 0.5) is 0 Å². The molecule has 2 rings (SSSR count). The summed E-state index contributed by atoms with van der Waals surface area (Å²) in [7, 11) is -3.51. The fourth-order valence-corrected chi connectivity index (χ4v) is 4.59. The zero-order chi connectivity index (χ0) is 15.5. The Bertz CT molecular complexity index is 583. The van der Waals surface area contributed by atoms with E-state index in [1.54, 1.807) is 23.4 Å². The van der Waals surface area contributed by atoms with Crippen molar-refractivity contribution < 1.29 is 13.5 Å². The Kier molecular flexibility index (Phi) is 5.37. The van der Waals surface area contributed by atoms with Gasteiger partial charge in [-0.15, -0.1) is 0 Å². The lowest BCUT2D eigenvalue weighted by Gasteiger charge is -2.36. The van der Waals surface area contributed by atoms with Gasteiger partial charge in [0.2, 0.25) is 10.0 Å². The van der Waals surface area contributed by atoms with Crippen LogP contribution < -0.4 is 5.73 Å². The van der Waals surface area contributed by atoms with Gasteiger partial charge in [-0.1, -0.05) is 18.6 Å². The van der Waals surface area contributed by atoms with Crippen LogP contribution in [0.15, 0.2) is 23.1 Å². The molecule has 0 spiro atoms. The zero-order valence-corrected chi connectivity index (χ0v) is 13.3. The van der Waals surface area contributed by atoms with E-state index in [0.29, 0.717) is 24.4 Å². The van der Waals surface area contributed by atoms with Crippen molar-refractivity contribution in [1.29, 1.82) is 0 Å². The first-order valence-electron chi connectivity index (χ1n) is 7.43. The lowest BCUT2D eigenvalue weighted by atomic mass is 9.93. The van der Waals surface area contributed by atoms with Gasteiger partial charge in [0.1, 0.15) is 0 Å². The summed E-state index contributed by atoms with van der Waals surface area (Å²) < 4.78 is 27.4. The summed E-state index contributed by atoms with van der Waals surface area (Å²) in [5.41, 5.74) is 7.25. The molecule has 0 saturated heterocycles. The summed E-state index contributed by atoms with van der Waals surface area (Å²) in [6.45, 7) is 2.58. The molecule has 118 valence electrons. The number of hydrogen-bond acceptors (Lipinski definition) is 4. The van der Waals surface area contributed by atoms with E-state index in [-0.39, 0.29) is 12.6 Å². The van der Waals surface area contributed by atoms with Crippen molar-refractivity contribution in [2.75, 3.05) is 13.2 Å². The van der Waals surface area contributed by atoms with Crippen LogP contribution in [0.5, 0.6) is 0 Å². The molecule has 0 atom stereocenters. The molecule has 0 amide bonds. The topological polar surface area (TPSA) is 83.6 Å². The van der Waals surface area contributed by atoms with E-state index in [9.17, 15) is 8.42 Å². The molecule has 0 unspecified atom stereocenters. The van der Waals surface area contributed by atoms with E-state index in [2.05, 4.69) is 0 Å². The highest BCUT2D eigenvalue weighted by molar-refractivity contribution is 7.89. The van der Waals surface area contributed by atoms with Crippen molar-refractivity contribution in [1.82, 2.24) is 4.31 Å². The van der Waals surface area contributed by atoms with Crippen LogP contribution in [0, 0.1) is 6.92 Å². The molecule has 1 fully saturated rings. The maximum atomic E-state index is 12.9. The number of sulfonamides is 1. The molecular formula is C15H24N2O3S. The van der Waals surface area contributed by atoms with Gasteiger partial charge in [0.15, 0.2) is 0 Å². The normalized spacial score (nSPS) is 16.2. The summed E-state index contributed by atoms with van der Waals surface area (Å²) in [6.07, 6.45) is 3.35. The van der Waals surface area contributed by atoms with Gasteiger partial charge >= 0.3 is 0 Å². The van der Waals surface area contributed by atoms with Crippen LogP contribution in [0.2, 0.25) is 0 Å². The van der Waals surface area contributed by atoms with Crippen LogP contribution in [0.25, 0.3) is 0 Å². The Hall–Kier alpha value is -0.950. The van der Waals surface area contributed by atoms with E-state index in [4.69, 9.17) is 10.8 Å². The molecule has 1 aliphatic carbocycles. The first kappa shape index (κ1) is 16.4. The van der Waals surface area contributed by atoms with E-state index in [1.165, 1.54) is 0 Å². The highest BCUT2D eigenvalue weighted by Crippen LogP contribution is 2.31. The number of hydrogen-bond donors (Lipinski definition) is 2. The summed E-state index contributed by atoms with van der Waals surface area (Å²) in [5.74, 6) is 0. The maximum Gasteiger partial charge on any atom is 0.243 e. The van der Waals surface area contributed by atoms with Gasteiger partial charge in [0, 0.05) is 25.7 Å². The molecule has 6 heteroatoms. The first-order valence-corrected chi connectivity index (χ1v) is 8.87. The van der Waals surface area contributed by atoms with E-state index < -0.39 is 10.0 Å². The molecular weight excluding hydrogens is 288 g/mol. The van der Waals surface area contributed by atoms with Crippen molar-refractivity contribution in [3.05, 3.63) is 29.3 Å². The van der Waals surface area contributed by atoms with Crippen molar-refractivity contribution >= 4 is 10.0 Å². The van der Waals surface area contributed by atoms with Crippen molar-refractivity contribution in [2.24, 2.45) is 5.73 Å². The number of nitrogens with zero attached hydrogens (tertiary/aromatic N) is 1. The summed E-state index contributed by atoms with van der Waals surface area (Å²) in [5, 5.41) is 9.01. The summed E-state index contributed by atoms with van der Waals surface area (Å²) in [6, 6.07) is 5.33. The lowest BCUT2D eigenvalue weighted by molar-refractivity contribution is 0.198. The molecule has 3 N–H and O–H groups in total. The van der Waals surface area contributed by atoms with Gasteiger partial charge in [0.05, 0.1) is 4.90 Å². The summed E-state index contributed by atoms with van der Waals surface area (Å²) >= 11 is 0. The SMILES string of the molecule is Cc1cc(CN)ccc1S(=O)(=O)N(CCCO)C1CCC1. The van der Waals surface area contributed by atoms with Crippen LogP contribution in [0.1, 0.15) is 36.8 Å². The number of aliphatic hydroxyl groups excluding tert-OH is 1. The third-order valence-electron chi connectivity index (χ3n) is 4.08. The minimum atomic E-state index is -3.51. The third kappa shape index (κ3) is 3.45. The minimum Gasteiger partial charge on any atom is -0.396 e. The second-order valence-corrected chi connectivity index (χ2v) is 7.44. The molecule has 1 saturated carbocycles. The smallest absolute Gasteiger partial charge is 0.243 e. The first-order chi connectivity index (χ1) is 10.0. The molecule has 5 nitrogen and oxygen atoms in total. The van der Waals surface area contributed by atoms with Crippen molar-refractivity contribution in [3.8, 4) is 0 Å². The molecule has 0 aromatic heterocycles. The van der Waals surface area contributed by atoms with Gasteiger partial charge in [-0.25, -0.2) is 8.42 Å². The molecule has 0 aliphatic heterocycles. The fourth-order valence-electron chi connectivity index (χ4n) is 2.65. The lowest BCUT2D eigenvalue weighted by Crippen LogP contribution is -2.45. The average Bonchev–Trinajstić information content (AvgIpc) is 2.40. The average molecular weight is 312 g/mol. The monoisotopic (exact) mass is 312 g/mol. The number of nitrogens with two attached hydrogens (primary N) is 1. The van der Waals surface area contributed by atoms with Gasteiger partial charge in [0.25, 0.3) is 0 Å². The molecule has 1 aromatic carbocycles. The van der Waals surface area contributed by atoms with Crippen LogP contribution in [-0.2, 0) is 16.6 Å². The highest BCUT2D eigenvalue weighted by Gasteiger charge is 2.35. The maximum absolute atomic E-state index is 12.9. The van der Waals surface area contributed by atoms with E-state index >= 15 is 0 Å². The fraction of sp³-hybridized carbons (Fsp3) is 0.600. The van der Waals surface area contributed by atoms with E-state index in [1.807, 2.05) is 6.07 Å². The Morgan fingerprint density at radius 1 is 1.38 bits per heavy atom. The zero-order valence-electron chi connectivity index (χ0n) is 12.5. The number of rotatable bonds is 7. The number of benzene rings is 1. The van der Waals surface area contributed by atoms with Crippen LogP contribution in [0.3, 0.4) is 0 Å². The van der Waals surface area contributed by atoms with Gasteiger partial charge in [-0.2, -0.15) is 4.31 Å². The van der Waals surface area contributed by atoms with Gasteiger partial charge in [-0.05, 0) is 43.4 Å². The number of aliphatic hydroxyl groups is 1. The molecule has 1 aliphatic rings. The predicted octanol–water partition coefficient (Wildman–Crippen LogP) is 1.38. The minimum absolute atomic E-state index is 0.00380. The Morgan fingerprint density at radius 2 is 2.10 bits per heavy atom. The quantitative estimate of drug-likeness (QED) is 0.796. The highest BCUT2D eigenvalue weighted by atomic mass is 32.2. The summed E-state index contributed by atoms with van der Waals surface area (Å²) in [4.78, 5) is 0.351. The standard InChI is InChI=1S/C15H24N2O3S/c1-12-10-13(11-16)6-7-15(12)21(19,20)17(8-3-9-18)14-4-2-5-14/h6-7,10,14,18H,2-5,8-9,11,16H2,1H3. The third-order valence-corrected chi connectivity index (χ3v) is 6.19. The molecule has 21 heavy (non-hydrogen) atoms. The molecule has 0 heterocycles. The van der Waals surface area contributed by atoms with Crippen molar-refractivity contribution in [3.63, 3.8) is 0 Å². The molecule has 1 aromatic rings. The predicted molar refractivity (Wildman–Crippen MR) is 82.3 cm³/mol. The van der Waals surface area contributed by atoms with E-state index in [0.717, 1.165) is 30.4 Å². The van der Waals surface area contributed by atoms with Gasteiger partial charge in [-0.3, -0.25) is 0 Å².